The summed E-state index contributed by atoms with van der Waals surface area (Å²) in [5, 5.41) is 4.37. The van der Waals surface area contributed by atoms with Gasteiger partial charge in [-0.3, -0.25) is 4.79 Å². The summed E-state index contributed by atoms with van der Waals surface area (Å²) in [5.41, 5.74) is 10.1. The van der Waals surface area contributed by atoms with Crippen LogP contribution in [-0.2, 0) is 28.3 Å². The predicted molar refractivity (Wildman–Crippen MR) is 141 cm³/mol. The van der Waals surface area contributed by atoms with E-state index in [0.717, 1.165) is 21.6 Å². The van der Waals surface area contributed by atoms with Crippen molar-refractivity contribution < 1.29 is 14.3 Å². The highest BCUT2D eigenvalue weighted by Crippen LogP contribution is 2.33. The van der Waals surface area contributed by atoms with Crippen LogP contribution in [0.4, 0.5) is 4.79 Å². The van der Waals surface area contributed by atoms with Gasteiger partial charge in [-0.15, -0.1) is 0 Å². The van der Waals surface area contributed by atoms with Crippen LogP contribution in [0.25, 0.3) is 0 Å². The van der Waals surface area contributed by atoms with Gasteiger partial charge in [0.25, 0.3) is 5.91 Å². The number of imide groups is 1. The van der Waals surface area contributed by atoms with Crippen molar-refractivity contribution in [1.29, 1.82) is 0 Å². The molecule has 1 unspecified atom stereocenters. The molecule has 0 aromatic heterocycles. The summed E-state index contributed by atoms with van der Waals surface area (Å²) in [4.78, 5) is 27.8. The quantitative estimate of drug-likeness (QED) is 0.415. The van der Waals surface area contributed by atoms with Gasteiger partial charge in [-0.05, 0) is 35.1 Å². The molecule has 2 atom stereocenters. The molecule has 2 amide bonds. The first-order valence-electron chi connectivity index (χ1n) is 11.1. The lowest BCUT2D eigenvalue weighted by atomic mass is 10.1. The largest absolute Gasteiger partial charge is 0.444 e. The molecule has 0 spiro atoms. The number of nitrogens with two attached hydrogens (primary N) is 1. The van der Waals surface area contributed by atoms with E-state index in [2.05, 4.69) is 5.10 Å². The highest BCUT2D eigenvalue weighted by molar-refractivity contribution is 8.13. The fourth-order valence-electron chi connectivity index (χ4n) is 3.42. The Labute approximate surface area is 213 Å². The lowest BCUT2D eigenvalue weighted by Gasteiger charge is -2.32. The third-order valence-corrected chi connectivity index (χ3v) is 7.24. The lowest BCUT2D eigenvalue weighted by Crippen LogP contribution is -2.54. The minimum atomic E-state index is -0.913. The molecular weight excluding hydrogens is 480 g/mol. The molecule has 0 saturated heterocycles. The number of amides is 2. The van der Waals surface area contributed by atoms with Crippen LogP contribution in [0.15, 0.2) is 96.1 Å². The van der Waals surface area contributed by atoms with Crippen LogP contribution >= 0.6 is 23.7 Å². The Hall–Kier alpha value is -3.27. The number of hydrogen-bond acceptors (Lipinski definition) is 8. The summed E-state index contributed by atoms with van der Waals surface area (Å²) in [7, 11) is 0. The summed E-state index contributed by atoms with van der Waals surface area (Å²) in [6.07, 6.45) is -0.451. The van der Waals surface area contributed by atoms with Gasteiger partial charge in [0.1, 0.15) is 6.61 Å². The zero-order valence-electron chi connectivity index (χ0n) is 19.0. The van der Waals surface area contributed by atoms with Gasteiger partial charge in [0.15, 0.2) is 5.50 Å². The van der Waals surface area contributed by atoms with E-state index >= 15 is 0 Å². The second kappa shape index (κ2) is 12.4. The number of carbonyl (C=O) groups excluding carboxylic acids is 2. The van der Waals surface area contributed by atoms with E-state index in [0.29, 0.717) is 12.2 Å². The van der Waals surface area contributed by atoms with Crippen molar-refractivity contribution in [2.24, 2.45) is 10.8 Å². The molecular formula is C26H26N4O3S2. The first-order valence-corrected chi connectivity index (χ1v) is 13.0. The predicted octanol–water partition coefficient (Wildman–Crippen LogP) is 4.85. The monoisotopic (exact) mass is 506 g/mol. The summed E-state index contributed by atoms with van der Waals surface area (Å²) in [6, 6.07) is 27.8. The van der Waals surface area contributed by atoms with Gasteiger partial charge in [0.05, 0.1) is 11.6 Å². The topological polar surface area (TPSA) is 88.2 Å². The molecule has 9 heteroatoms. The van der Waals surface area contributed by atoms with E-state index < -0.39 is 23.5 Å². The van der Waals surface area contributed by atoms with E-state index in [1.165, 1.54) is 23.7 Å². The van der Waals surface area contributed by atoms with Gasteiger partial charge in [0.2, 0.25) is 0 Å². The maximum absolute atomic E-state index is 13.5. The van der Waals surface area contributed by atoms with Gasteiger partial charge < -0.3 is 10.5 Å². The van der Waals surface area contributed by atoms with Crippen molar-refractivity contribution in [3.63, 3.8) is 0 Å². The molecule has 0 bridgehead atoms. The Balaban J connectivity index is 1.50. The van der Waals surface area contributed by atoms with Gasteiger partial charge in [-0.1, -0.05) is 103 Å². The minimum Gasteiger partial charge on any atom is -0.444 e. The van der Waals surface area contributed by atoms with E-state index in [9.17, 15) is 9.59 Å². The molecule has 0 fully saturated rings. The zero-order valence-corrected chi connectivity index (χ0v) is 20.6. The smallest absolute Gasteiger partial charge is 0.419 e. The Bertz CT molecular complexity index is 1130. The molecule has 4 rings (SSSR count). The van der Waals surface area contributed by atoms with Crippen molar-refractivity contribution in [1.82, 2.24) is 9.31 Å². The molecule has 7 nitrogen and oxygen atoms in total. The summed E-state index contributed by atoms with van der Waals surface area (Å²) in [5.74, 6) is 0.118. The van der Waals surface area contributed by atoms with Crippen LogP contribution in [0, 0.1) is 0 Å². The highest BCUT2D eigenvalue weighted by atomic mass is 32.2. The SMILES string of the molecule is N[C@@H](Cc1ccccc1)C(=O)N(C(=O)OCc1ccccc1)C1SC=NN1SCc1ccccc1. The van der Waals surface area contributed by atoms with Crippen LogP contribution in [0.3, 0.4) is 0 Å². The number of nitrogens with zero attached hydrogens (tertiary/aromatic N) is 3. The molecule has 1 aliphatic rings. The maximum Gasteiger partial charge on any atom is 0.419 e. The third-order valence-electron chi connectivity index (χ3n) is 5.21. The number of ether oxygens (including phenoxy) is 1. The summed E-state index contributed by atoms with van der Waals surface area (Å²) >= 11 is 2.67. The highest BCUT2D eigenvalue weighted by Gasteiger charge is 2.40. The molecule has 35 heavy (non-hydrogen) atoms. The van der Waals surface area contributed by atoms with Crippen LogP contribution in [-0.4, -0.2) is 38.4 Å². The van der Waals surface area contributed by atoms with Crippen molar-refractivity contribution in [3.8, 4) is 0 Å². The van der Waals surface area contributed by atoms with Gasteiger partial charge in [-0.25, -0.2) is 14.1 Å². The number of hydrazone groups is 1. The first kappa shape index (κ1) is 24.8. The molecule has 1 aliphatic heterocycles. The maximum atomic E-state index is 13.5. The van der Waals surface area contributed by atoms with Crippen molar-refractivity contribution in [2.45, 2.75) is 30.3 Å². The molecule has 0 saturated carbocycles. The molecule has 0 radical (unpaired) electrons. The molecule has 3 aromatic carbocycles. The van der Waals surface area contributed by atoms with Gasteiger partial charge >= 0.3 is 6.09 Å². The standard InChI is InChI=1S/C26H26N4O3S2/c27-23(16-20-10-4-1-5-11-20)24(31)29(26(32)33-17-21-12-6-2-7-13-21)25-30(28-19-34-25)35-18-22-14-8-3-9-15-22/h1-15,19,23,25H,16-18,27H2/t23-,25?/m0/s1. The molecule has 180 valence electrons. The number of thioether (sulfide) groups is 1. The summed E-state index contributed by atoms with van der Waals surface area (Å²) < 4.78 is 7.19. The first-order chi connectivity index (χ1) is 17.1. The van der Waals surface area contributed by atoms with Crippen molar-refractivity contribution in [3.05, 3.63) is 108 Å². The van der Waals surface area contributed by atoms with Gasteiger partial charge in [-0.2, -0.15) is 5.10 Å². The Morgan fingerprint density at radius 3 is 2.14 bits per heavy atom. The van der Waals surface area contributed by atoms with Crippen molar-refractivity contribution >= 4 is 41.3 Å². The molecule has 2 N–H and O–H groups in total. The minimum absolute atomic E-state index is 0.0484. The van der Waals surface area contributed by atoms with E-state index in [4.69, 9.17) is 10.5 Å². The fourth-order valence-corrected chi connectivity index (χ4v) is 5.36. The lowest BCUT2D eigenvalue weighted by molar-refractivity contribution is -0.132. The third kappa shape index (κ3) is 6.88. The average Bonchev–Trinajstić information content (AvgIpc) is 3.36. The second-order valence-electron chi connectivity index (χ2n) is 7.79. The van der Waals surface area contributed by atoms with Crippen molar-refractivity contribution in [2.75, 3.05) is 0 Å². The Morgan fingerprint density at radius 2 is 1.51 bits per heavy atom. The second-order valence-corrected chi connectivity index (χ2v) is 9.62. The molecule has 1 heterocycles. The molecule has 0 aliphatic carbocycles. The number of benzene rings is 3. The van der Waals surface area contributed by atoms with E-state index in [1.807, 2.05) is 91.0 Å². The average molecular weight is 507 g/mol. The van der Waals surface area contributed by atoms with Gasteiger partial charge in [0, 0.05) is 5.75 Å². The van der Waals surface area contributed by atoms with Crippen LogP contribution in [0.2, 0.25) is 0 Å². The van der Waals surface area contributed by atoms with Crippen LogP contribution in [0.5, 0.6) is 0 Å². The zero-order chi connectivity index (χ0) is 24.5. The number of rotatable bonds is 9. The summed E-state index contributed by atoms with van der Waals surface area (Å²) in [6.45, 7) is 0.0484. The van der Waals surface area contributed by atoms with E-state index in [-0.39, 0.29) is 6.61 Å². The Kier molecular flexibility index (Phi) is 8.83. The Morgan fingerprint density at radius 1 is 0.943 bits per heavy atom. The fraction of sp³-hybridized carbons (Fsp3) is 0.192. The van der Waals surface area contributed by atoms with E-state index in [1.54, 1.807) is 9.96 Å². The molecule has 3 aromatic rings. The number of hydrogen-bond donors (Lipinski definition) is 1. The van der Waals surface area contributed by atoms with Crippen LogP contribution < -0.4 is 5.73 Å². The normalized spacial score (nSPS) is 15.6. The van der Waals surface area contributed by atoms with Crippen LogP contribution in [0.1, 0.15) is 16.7 Å². The number of carbonyl (C=O) groups is 2.